The van der Waals surface area contributed by atoms with Gasteiger partial charge in [0.05, 0.1) is 25.4 Å². The molecular formula is C16H22O3. The van der Waals surface area contributed by atoms with Gasteiger partial charge in [0, 0.05) is 11.5 Å². The van der Waals surface area contributed by atoms with Crippen molar-refractivity contribution in [3.63, 3.8) is 0 Å². The average Bonchev–Trinajstić information content (AvgIpc) is 3.03. The van der Waals surface area contributed by atoms with Gasteiger partial charge >= 0.3 is 0 Å². The zero-order valence-electron chi connectivity index (χ0n) is 11.8. The van der Waals surface area contributed by atoms with Crippen LogP contribution in [0.3, 0.4) is 0 Å². The molecule has 2 fully saturated rings. The lowest BCUT2D eigenvalue weighted by atomic mass is 9.82. The summed E-state index contributed by atoms with van der Waals surface area (Å²) in [6.07, 6.45) is 3.32. The number of hydrogen-bond donors (Lipinski definition) is 1. The van der Waals surface area contributed by atoms with E-state index in [1.54, 1.807) is 7.11 Å². The normalized spacial score (nSPS) is 30.6. The lowest BCUT2D eigenvalue weighted by Crippen LogP contribution is -2.24. The highest BCUT2D eigenvalue weighted by atomic mass is 16.5. The average molecular weight is 262 g/mol. The number of aliphatic hydroxyl groups is 1. The Hall–Kier alpha value is -1.06. The molecule has 1 aromatic carbocycles. The third-order valence-corrected chi connectivity index (χ3v) is 4.79. The van der Waals surface area contributed by atoms with E-state index >= 15 is 0 Å². The zero-order chi connectivity index (χ0) is 13.6. The van der Waals surface area contributed by atoms with E-state index in [1.165, 1.54) is 5.56 Å². The van der Waals surface area contributed by atoms with E-state index < -0.39 is 6.10 Å². The number of rotatable bonds is 3. The van der Waals surface area contributed by atoms with Crippen LogP contribution in [0.25, 0.3) is 0 Å². The first-order valence-electron chi connectivity index (χ1n) is 7.09. The summed E-state index contributed by atoms with van der Waals surface area (Å²) in [5, 5.41) is 10.7. The van der Waals surface area contributed by atoms with Crippen molar-refractivity contribution in [1.82, 2.24) is 0 Å². The first-order chi connectivity index (χ1) is 9.11. The molecule has 1 aromatic rings. The Morgan fingerprint density at radius 2 is 2.11 bits per heavy atom. The SMILES string of the molecule is COc1c(C(O)C2CC3CCC2O3)ccc(C)c1C. The molecule has 2 saturated heterocycles. The van der Waals surface area contributed by atoms with Crippen molar-refractivity contribution >= 4 is 0 Å². The van der Waals surface area contributed by atoms with Gasteiger partial charge in [0.1, 0.15) is 5.75 Å². The van der Waals surface area contributed by atoms with Crippen molar-refractivity contribution in [3.8, 4) is 5.75 Å². The fourth-order valence-corrected chi connectivity index (χ4v) is 3.55. The van der Waals surface area contributed by atoms with E-state index in [1.807, 2.05) is 13.0 Å². The van der Waals surface area contributed by atoms with Crippen molar-refractivity contribution in [2.45, 2.75) is 51.4 Å². The largest absolute Gasteiger partial charge is 0.496 e. The lowest BCUT2D eigenvalue weighted by Gasteiger charge is -2.26. The molecule has 19 heavy (non-hydrogen) atoms. The molecule has 104 valence electrons. The maximum atomic E-state index is 10.7. The highest BCUT2D eigenvalue weighted by Gasteiger charge is 2.45. The maximum Gasteiger partial charge on any atom is 0.127 e. The molecule has 2 aliphatic rings. The molecule has 2 bridgehead atoms. The first-order valence-corrected chi connectivity index (χ1v) is 7.09. The number of methoxy groups -OCH3 is 1. The van der Waals surface area contributed by atoms with Crippen LogP contribution in [-0.4, -0.2) is 24.4 Å². The zero-order valence-corrected chi connectivity index (χ0v) is 11.8. The van der Waals surface area contributed by atoms with E-state index in [0.717, 1.165) is 36.1 Å². The summed E-state index contributed by atoms with van der Waals surface area (Å²) in [6.45, 7) is 4.11. The van der Waals surface area contributed by atoms with E-state index in [2.05, 4.69) is 13.0 Å². The summed E-state index contributed by atoms with van der Waals surface area (Å²) in [6, 6.07) is 4.06. The number of aliphatic hydroxyl groups excluding tert-OH is 1. The third kappa shape index (κ3) is 2.05. The minimum absolute atomic E-state index is 0.217. The highest BCUT2D eigenvalue weighted by Crippen LogP contribution is 2.46. The van der Waals surface area contributed by atoms with Gasteiger partial charge in [0.15, 0.2) is 0 Å². The topological polar surface area (TPSA) is 38.7 Å². The maximum absolute atomic E-state index is 10.7. The molecule has 1 N–H and O–H groups in total. The Morgan fingerprint density at radius 1 is 1.32 bits per heavy atom. The quantitative estimate of drug-likeness (QED) is 0.910. The highest BCUT2D eigenvalue weighted by molar-refractivity contribution is 5.46. The number of hydrogen-bond acceptors (Lipinski definition) is 3. The van der Waals surface area contributed by atoms with Crippen LogP contribution in [0.5, 0.6) is 5.75 Å². The van der Waals surface area contributed by atoms with Gasteiger partial charge in [-0.15, -0.1) is 0 Å². The molecule has 0 aromatic heterocycles. The number of benzene rings is 1. The fourth-order valence-electron chi connectivity index (χ4n) is 3.55. The molecule has 0 saturated carbocycles. The molecule has 2 aliphatic heterocycles. The van der Waals surface area contributed by atoms with Crippen LogP contribution >= 0.6 is 0 Å². The number of fused-ring (bicyclic) bond motifs is 2. The summed E-state index contributed by atoms with van der Waals surface area (Å²) in [7, 11) is 1.68. The van der Waals surface area contributed by atoms with Crippen LogP contribution in [0.4, 0.5) is 0 Å². The van der Waals surface area contributed by atoms with E-state index in [9.17, 15) is 5.11 Å². The van der Waals surface area contributed by atoms with Crippen molar-refractivity contribution < 1.29 is 14.6 Å². The van der Waals surface area contributed by atoms with Crippen LogP contribution in [0.15, 0.2) is 12.1 Å². The van der Waals surface area contributed by atoms with Gasteiger partial charge in [0.25, 0.3) is 0 Å². The molecule has 0 aliphatic carbocycles. The molecule has 4 unspecified atom stereocenters. The second-order valence-corrected chi connectivity index (χ2v) is 5.85. The van der Waals surface area contributed by atoms with E-state index in [-0.39, 0.29) is 12.0 Å². The summed E-state index contributed by atoms with van der Waals surface area (Å²) in [5.41, 5.74) is 3.21. The Labute approximate surface area is 114 Å². The molecule has 0 radical (unpaired) electrons. The Bertz CT molecular complexity index is 483. The first kappa shape index (κ1) is 12.9. The molecule has 3 heteroatoms. The monoisotopic (exact) mass is 262 g/mol. The van der Waals surface area contributed by atoms with Gasteiger partial charge < -0.3 is 14.6 Å². The smallest absolute Gasteiger partial charge is 0.127 e. The standard InChI is InChI=1S/C16H22O3/c1-9-4-6-12(16(18-3)10(9)2)15(17)13-8-11-5-7-14(13)19-11/h4,6,11,13-15,17H,5,7-8H2,1-3H3. The molecule has 3 nitrogen and oxygen atoms in total. The van der Waals surface area contributed by atoms with E-state index in [0.29, 0.717) is 6.10 Å². The van der Waals surface area contributed by atoms with Gasteiger partial charge in [-0.2, -0.15) is 0 Å². The van der Waals surface area contributed by atoms with Crippen molar-refractivity contribution in [2.24, 2.45) is 5.92 Å². The predicted octanol–water partition coefficient (Wildman–Crippen LogP) is 2.91. The van der Waals surface area contributed by atoms with Crippen LogP contribution in [0.2, 0.25) is 0 Å². The Kier molecular flexibility index (Phi) is 3.27. The number of aryl methyl sites for hydroxylation is 1. The summed E-state index contributed by atoms with van der Waals surface area (Å²) < 4.78 is 11.4. The van der Waals surface area contributed by atoms with Crippen molar-refractivity contribution in [2.75, 3.05) is 7.11 Å². The van der Waals surface area contributed by atoms with Crippen LogP contribution in [-0.2, 0) is 4.74 Å². The van der Waals surface area contributed by atoms with Crippen molar-refractivity contribution in [1.29, 1.82) is 0 Å². The van der Waals surface area contributed by atoms with Gasteiger partial charge in [-0.3, -0.25) is 0 Å². The molecular weight excluding hydrogens is 240 g/mol. The summed E-state index contributed by atoms with van der Waals surface area (Å²) in [5.74, 6) is 1.05. The second-order valence-electron chi connectivity index (χ2n) is 5.85. The predicted molar refractivity (Wildman–Crippen MR) is 73.4 cm³/mol. The number of ether oxygens (including phenoxy) is 2. The third-order valence-electron chi connectivity index (χ3n) is 4.79. The van der Waals surface area contributed by atoms with E-state index in [4.69, 9.17) is 9.47 Å². The Balaban J connectivity index is 1.91. The van der Waals surface area contributed by atoms with Gasteiger partial charge in [-0.05, 0) is 44.2 Å². The molecule has 3 rings (SSSR count). The second kappa shape index (κ2) is 4.80. The van der Waals surface area contributed by atoms with Crippen molar-refractivity contribution in [3.05, 3.63) is 28.8 Å². The Morgan fingerprint density at radius 3 is 2.68 bits per heavy atom. The summed E-state index contributed by atoms with van der Waals surface area (Å²) >= 11 is 0. The summed E-state index contributed by atoms with van der Waals surface area (Å²) in [4.78, 5) is 0. The van der Waals surface area contributed by atoms with Crippen LogP contribution in [0.1, 0.15) is 42.1 Å². The van der Waals surface area contributed by atoms with Gasteiger partial charge in [-0.1, -0.05) is 12.1 Å². The fraction of sp³-hybridized carbons (Fsp3) is 0.625. The lowest BCUT2D eigenvalue weighted by molar-refractivity contribution is 0.0411. The van der Waals surface area contributed by atoms with Crippen LogP contribution < -0.4 is 4.74 Å². The molecule has 4 atom stereocenters. The minimum Gasteiger partial charge on any atom is -0.496 e. The molecule has 0 amide bonds. The minimum atomic E-state index is -0.482. The van der Waals surface area contributed by atoms with Gasteiger partial charge in [0.2, 0.25) is 0 Å². The van der Waals surface area contributed by atoms with Crippen LogP contribution in [0, 0.1) is 19.8 Å². The molecule has 0 spiro atoms. The molecule has 2 heterocycles. The van der Waals surface area contributed by atoms with Gasteiger partial charge in [-0.25, -0.2) is 0 Å².